The highest BCUT2D eigenvalue weighted by Crippen LogP contribution is 2.31. The topological polar surface area (TPSA) is 72.6 Å². The summed E-state index contributed by atoms with van der Waals surface area (Å²) in [7, 11) is 0. The van der Waals surface area contributed by atoms with Crippen molar-refractivity contribution in [1.82, 2.24) is 0 Å². The van der Waals surface area contributed by atoms with Crippen LogP contribution in [0.3, 0.4) is 0 Å². The second-order valence-electron chi connectivity index (χ2n) is 4.73. The molecule has 0 aromatic heterocycles. The lowest BCUT2D eigenvalue weighted by Crippen LogP contribution is -2.30. The van der Waals surface area contributed by atoms with Gasteiger partial charge in [-0.2, -0.15) is 0 Å². The first-order valence-electron chi connectivity index (χ1n) is 6.36. The molecule has 1 fully saturated rings. The number of nitrogens with zero attached hydrogens (tertiary/aromatic N) is 1. The Hall–Kier alpha value is -1.69. The monoisotopic (exact) mass is 269 g/mol. The molecule has 1 aromatic carbocycles. The van der Waals surface area contributed by atoms with Crippen molar-refractivity contribution < 1.29 is 19.2 Å². The van der Waals surface area contributed by atoms with Gasteiger partial charge < -0.3 is 9.84 Å². The highest BCUT2D eigenvalue weighted by atomic mass is 19.1. The van der Waals surface area contributed by atoms with E-state index >= 15 is 0 Å². The Labute approximate surface area is 110 Å². The zero-order valence-electron chi connectivity index (χ0n) is 10.4. The van der Waals surface area contributed by atoms with E-state index in [-0.39, 0.29) is 11.4 Å². The molecule has 1 N–H and O–H groups in total. The smallest absolute Gasteiger partial charge is 0.311 e. The molecule has 0 radical (unpaired) electrons. The number of nitro benzene ring substituents is 1. The summed E-state index contributed by atoms with van der Waals surface area (Å²) in [5.41, 5.74) is -0.280. The average Bonchev–Trinajstić information content (AvgIpc) is 2.55. The van der Waals surface area contributed by atoms with Crippen molar-refractivity contribution in [2.45, 2.75) is 44.3 Å². The van der Waals surface area contributed by atoms with Crippen molar-refractivity contribution in [2.24, 2.45) is 0 Å². The van der Waals surface area contributed by atoms with Crippen molar-refractivity contribution in [1.29, 1.82) is 0 Å². The van der Waals surface area contributed by atoms with Gasteiger partial charge in [0.15, 0.2) is 5.75 Å². The van der Waals surface area contributed by atoms with E-state index < -0.39 is 22.9 Å². The number of aliphatic hydroxyl groups is 1. The van der Waals surface area contributed by atoms with E-state index in [9.17, 15) is 19.6 Å². The molecule has 2 unspecified atom stereocenters. The van der Waals surface area contributed by atoms with E-state index in [1.165, 1.54) is 0 Å². The van der Waals surface area contributed by atoms with Gasteiger partial charge >= 0.3 is 5.69 Å². The van der Waals surface area contributed by atoms with Crippen LogP contribution in [0.1, 0.15) is 32.1 Å². The Balaban J connectivity index is 2.21. The Bertz CT molecular complexity index is 466. The largest absolute Gasteiger partial charge is 0.481 e. The van der Waals surface area contributed by atoms with E-state index in [0.717, 1.165) is 37.5 Å². The maximum atomic E-state index is 13.2. The summed E-state index contributed by atoms with van der Waals surface area (Å²) < 4.78 is 18.7. The first-order valence-corrected chi connectivity index (χ1v) is 6.36. The van der Waals surface area contributed by atoms with Crippen molar-refractivity contribution in [2.75, 3.05) is 0 Å². The van der Waals surface area contributed by atoms with Gasteiger partial charge in [0.2, 0.25) is 0 Å². The highest BCUT2D eigenvalue weighted by molar-refractivity contribution is 5.46. The van der Waals surface area contributed by atoms with Crippen LogP contribution >= 0.6 is 0 Å². The van der Waals surface area contributed by atoms with Crippen LogP contribution in [0.25, 0.3) is 0 Å². The fraction of sp³-hybridized carbons (Fsp3) is 0.538. The summed E-state index contributed by atoms with van der Waals surface area (Å²) in [4.78, 5) is 10.3. The molecule has 0 aliphatic heterocycles. The number of rotatable bonds is 3. The molecule has 6 heteroatoms. The van der Waals surface area contributed by atoms with Crippen molar-refractivity contribution in [3.05, 3.63) is 34.1 Å². The maximum absolute atomic E-state index is 13.2. The molecule has 2 rings (SSSR count). The lowest BCUT2D eigenvalue weighted by atomic mass is 10.1. The van der Waals surface area contributed by atoms with Gasteiger partial charge in [-0.25, -0.2) is 4.39 Å². The quantitative estimate of drug-likeness (QED) is 0.520. The molecule has 1 saturated carbocycles. The summed E-state index contributed by atoms with van der Waals surface area (Å²) in [5, 5.41) is 20.8. The summed E-state index contributed by atoms with van der Waals surface area (Å²) in [6, 6.07) is 3.10. The first-order chi connectivity index (χ1) is 9.08. The van der Waals surface area contributed by atoms with E-state index in [4.69, 9.17) is 4.74 Å². The lowest BCUT2D eigenvalue weighted by molar-refractivity contribution is -0.386. The minimum atomic E-state index is -0.662. The average molecular weight is 269 g/mol. The van der Waals surface area contributed by atoms with Crippen molar-refractivity contribution in [3.8, 4) is 5.75 Å². The van der Waals surface area contributed by atoms with Gasteiger partial charge in [0.1, 0.15) is 11.9 Å². The minimum Gasteiger partial charge on any atom is -0.481 e. The van der Waals surface area contributed by atoms with E-state index in [1.807, 2.05) is 0 Å². The molecule has 0 bridgehead atoms. The van der Waals surface area contributed by atoms with E-state index in [0.29, 0.717) is 12.8 Å². The van der Waals surface area contributed by atoms with E-state index in [1.54, 1.807) is 0 Å². The van der Waals surface area contributed by atoms with Crippen LogP contribution in [0.5, 0.6) is 5.75 Å². The molecule has 0 saturated heterocycles. The Morgan fingerprint density at radius 3 is 2.79 bits per heavy atom. The third-order valence-corrected chi connectivity index (χ3v) is 3.31. The van der Waals surface area contributed by atoms with Crippen LogP contribution in [0.2, 0.25) is 0 Å². The van der Waals surface area contributed by atoms with Gasteiger partial charge in [-0.1, -0.05) is 12.8 Å². The molecule has 5 nitrogen and oxygen atoms in total. The third kappa shape index (κ3) is 3.41. The van der Waals surface area contributed by atoms with Gasteiger partial charge in [-0.3, -0.25) is 10.1 Å². The van der Waals surface area contributed by atoms with Crippen LogP contribution in [-0.4, -0.2) is 22.2 Å². The summed E-state index contributed by atoms with van der Waals surface area (Å²) in [6.07, 6.45) is 2.86. The maximum Gasteiger partial charge on any atom is 0.311 e. The molecule has 1 aliphatic carbocycles. The number of hydrogen-bond acceptors (Lipinski definition) is 4. The Morgan fingerprint density at radius 2 is 2.05 bits per heavy atom. The Morgan fingerprint density at radius 1 is 1.32 bits per heavy atom. The van der Waals surface area contributed by atoms with Gasteiger partial charge in [0.25, 0.3) is 0 Å². The fourth-order valence-corrected chi connectivity index (χ4v) is 2.29. The van der Waals surface area contributed by atoms with Gasteiger partial charge in [-0.05, 0) is 25.3 Å². The molecule has 0 heterocycles. The predicted molar refractivity (Wildman–Crippen MR) is 66.6 cm³/mol. The second kappa shape index (κ2) is 5.97. The zero-order chi connectivity index (χ0) is 13.8. The molecule has 1 aliphatic rings. The van der Waals surface area contributed by atoms with Crippen LogP contribution in [0, 0.1) is 15.9 Å². The number of hydrogen-bond donors (Lipinski definition) is 1. The molecule has 0 amide bonds. The number of ether oxygens (including phenoxy) is 1. The highest BCUT2D eigenvalue weighted by Gasteiger charge is 2.26. The summed E-state index contributed by atoms with van der Waals surface area (Å²) in [5.74, 6) is -0.709. The number of halogens is 1. The summed E-state index contributed by atoms with van der Waals surface area (Å²) >= 11 is 0. The number of aliphatic hydroxyl groups excluding tert-OH is 1. The normalized spacial score (nSPS) is 23.7. The van der Waals surface area contributed by atoms with Gasteiger partial charge in [0.05, 0.1) is 11.0 Å². The van der Waals surface area contributed by atoms with Gasteiger partial charge in [0, 0.05) is 12.1 Å². The SMILES string of the molecule is O=[N+]([O-])c1ccc(F)cc1OC1CCCCCC1O. The zero-order valence-corrected chi connectivity index (χ0v) is 10.4. The fourth-order valence-electron chi connectivity index (χ4n) is 2.29. The number of benzene rings is 1. The predicted octanol–water partition coefficient (Wildman–Crippen LogP) is 2.81. The molecule has 19 heavy (non-hydrogen) atoms. The Kier molecular flexibility index (Phi) is 4.31. The van der Waals surface area contributed by atoms with Crippen LogP contribution in [0.15, 0.2) is 18.2 Å². The second-order valence-corrected chi connectivity index (χ2v) is 4.73. The van der Waals surface area contributed by atoms with Crippen molar-refractivity contribution >= 4 is 5.69 Å². The standard InChI is InChI=1S/C13H16FNO4/c14-9-6-7-10(15(17)18)13(8-9)19-12-5-3-1-2-4-11(12)16/h6-8,11-12,16H,1-5H2. The number of nitro groups is 1. The molecule has 2 atom stereocenters. The van der Waals surface area contributed by atoms with Gasteiger partial charge in [-0.15, -0.1) is 0 Å². The molecular formula is C13H16FNO4. The molecule has 104 valence electrons. The van der Waals surface area contributed by atoms with Crippen LogP contribution < -0.4 is 4.74 Å². The van der Waals surface area contributed by atoms with Crippen molar-refractivity contribution in [3.63, 3.8) is 0 Å². The first kappa shape index (κ1) is 13.7. The molecule has 0 spiro atoms. The van der Waals surface area contributed by atoms with Crippen LogP contribution in [0.4, 0.5) is 10.1 Å². The summed E-state index contributed by atoms with van der Waals surface area (Å²) in [6.45, 7) is 0. The third-order valence-electron chi connectivity index (χ3n) is 3.31. The molecule has 1 aromatic rings. The lowest BCUT2D eigenvalue weighted by Gasteiger charge is -2.21. The van der Waals surface area contributed by atoms with E-state index in [2.05, 4.69) is 0 Å². The molecular weight excluding hydrogens is 253 g/mol. The minimum absolute atomic E-state index is 0.115. The van der Waals surface area contributed by atoms with Crippen LogP contribution in [-0.2, 0) is 0 Å².